The second kappa shape index (κ2) is 5.33. The molecule has 0 fully saturated rings. The maximum absolute atomic E-state index is 11.0. The van der Waals surface area contributed by atoms with Crippen molar-refractivity contribution in [1.29, 1.82) is 0 Å². The van der Waals surface area contributed by atoms with E-state index in [0.29, 0.717) is 5.02 Å². The van der Waals surface area contributed by atoms with E-state index in [0.717, 1.165) is 11.1 Å². The monoisotopic (exact) mass is 276 g/mol. The maximum atomic E-state index is 11.0. The highest BCUT2D eigenvalue weighted by atomic mass is 35.5. The largest absolute Gasteiger partial charge is 0.507 e. The van der Waals surface area contributed by atoms with E-state index in [2.05, 4.69) is 0 Å². The van der Waals surface area contributed by atoms with Crippen LogP contribution >= 0.6 is 11.6 Å². The molecule has 4 heteroatoms. The van der Waals surface area contributed by atoms with Crippen molar-refractivity contribution < 1.29 is 15.0 Å². The van der Waals surface area contributed by atoms with E-state index in [4.69, 9.17) is 16.7 Å². The van der Waals surface area contributed by atoms with Gasteiger partial charge in [0.2, 0.25) is 0 Å². The molecular weight excluding hydrogens is 264 g/mol. The van der Waals surface area contributed by atoms with Crippen LogP contribution in [-0.4, -0.2) is 16.2 Å². The summed E-state index contributed by atoms with van der Waals surface area (Å²) >= 11 is 5.84. The third-order valence-corrected chi connectivity index (χ3v) is 3.37. The summed E-state index contributed by atoms with van der Waals surface area (Å²) in [6.07, 6.45) is 0. The van der Waals surface area contributed by atoms with Gasteiger partial charge in [-0.2, -0.15) is 0 Å². The summed E-state index contributed by atoms with van der Waals surface area (Å²) in [6, 6.07) is 12.0. The van der Waals surface area contributed by atoms with Crippen molar-refractivity contribution in [1.82, 2.24) is 0 Å². The molecule has 0 bridgehead atoms. The van der Waals surface area contributed by atoms with Gasteiger partial charge < -0.3 is 10.2 Å². The summed E-state index contributed by atoms with van der Waals surface area (Å²) in [4.78, 5) is 11.0. The molecule has 1 atom stereocenters. The predicted molar refractivity (Wildman–Crippen MR) is 74.0 cm³/mol. The van der Waals surface area contributed by atoms with Gasteiger partial charge in [0, 0.05) is 10.9 Å². The van der Waals surface area contributed by atoms with E-state index in [1.54, 1.807) is 18.2 Å². The van der Waals surface area contributed by atoms with Crippen molar-refractivity contribution in [3.05, 3.63) is 64.2 Å². The Hall–Kier alpha value is -2.00. The zero-order valence-electron chi connectivity index (χ0n) is 10.3. The molecule has 2 aromatic carbocycles. The van der Waals surface area contributed by atoms with Crippen LogP contribution in [0.25, 0.3) is 0 Å². The minimum Gasteiger partial charge on any atom is -0.507 e. The first kappa shape index (κ1) is 13.4. The first-order valence-electron chi connectivity index (χ1n) is 5.80. The van der Waals surface area contributed by atoms with Crippen molar-refractivity contribution in [2.75, 3.05) is 0 Å². The molecule has 0 spiro atoms. The smallest absolute Gasteiger partial charge is 0.339 e. The number of carbonyl (C=O) groups is 1. The van der Waals surface area contributed by atoms with Crippen LogP contribution in [0.4, 0.5) is 0 Å². The van der Waals surface area contributed by atoms with Gasteiger partial charge in [-0.1, -0.05) is 36.7 Å². The molecule has 0 heterocycles. The molecule has 0 saturated heterocycles. The van der Waals surface area contributed by atoms with Crippen molar-refractivity contribution in [3.63, 3.8) is 0 Å². The fourth-order valence-corrected chi connectivity index (χ4v) is 2.06. The highest BCUT2D eigenvalue weighted by Gasteiger charge is 2.14. The summed E-state index contributed by atoms with van der Waals surface area (Å²) < 4.78 is 0. The molecule has 0 amide bonds. The molecule has 0 aliphatic carbocycles. The SMILES string of the molecule is CC(c1ccc(Cl)cc1)c1ccc(O)c(C(=O)O)c1. The Morgan fingerprint density at radius 3 is 2.26 bits per heavy atom. The number of aromatic carboxylic acids is 1. The van der Waals surface area contributed by atoms with Gasteiger partial charge in [0.05, 0.1) is 0 Å². The third kappa shape index (κ3) is 2.88. The summed E-state index contributed by atoms with van der Waals surface area (Å²) in [5.74, 6) is -1.34. The number of hydrogen-bond donors (Lipinski definition) is 2. The fraction of sp³-hybridized carbons (Fsp3) is 0.133. The summed E-state index contributed by atoms with van der Waals surface area (Å²) in [5, 5.41) is 19.2. The lowest BCUT2D eigenvalue weighted by molar-refractivity contribution is 0.0693. The van der Waals surface area contributed by atoms with Crippen molar-refractivity contribution in [2.24, 2.45) is 0 Å². The average molecular weight is 277 g/mol. The van der Waals surface area contributed by atoms with Gasteiger partial charge in [0.1, 0.15) is 11.3 Å². The third-order valence-electron chi connectivity index (χ3n) is 3.12. The van der Waals surface area contributed by atoms with Crippen molar-refractivity contribution >= 4 is 17.6 Å². The van der Waals surface area contributed by atoms with E-state index < -0.39 is 5.97 Å². The molecule has 0 aromatic heterocycles. The lowest BCUT2D eigenvalue weighted by Crippen LogP contribution is -2.01. The zero-order valence-corrected chi connectivity index (χ0v) is 11.1. The summed E-state index contributed by atoms with van der Waals surface area (Å²) in [5.41, 5.74) is 1.78. The molecule has 3 nitrogen and oxygen atoms in total. The fourth-order valence-electron chi connectivity index (χ4n) is 1.94. The van der Waals surface area contributed by atoms with Crippen LogP contribution in [0.1, 0.15) is 34.3 Å². The number of phenols is 1. The van der Waals surface area contributed by atoms with Crippen LogP contribution in [0.15, 0.2) is 42.5 Å². The lowest BCUT2D eigenvalue weighted by Gasteiger charge is -2.13. The van der Waals surface area contributed by atoms with E-state index >= 15 is 0 Å². The van der Waals surface area contributed by atoms with Crippen LogP contribution in [0, 0.1) is 0 Å². The number of aromatic hydroxyl groups is 1. The zero-order chi connectivity index (χ0) is 14.0. The van der Waals surface area contributed by atoms with Crippen LogP contribution in [0.3, 0.4) is 0 Å². The minimum absolute atomic E-state index is 0.0240. The first-order chi connectivity index (χ1) is 8.99. The Labute approximate surface area is 116 Å². The van der Waals surface area contributed by atoms with Crippen LogP contribution in [0.5, 0.6) is 5.75 Å². The quantitative estimate of drug-likeness (QED) is 0.894. The number of halogens is 1. The number of benzene rings is 2. The number of carboxylic acids is 1. The second-order valence-corrected chi connectivity index (χ2v) is 4.79. The topological polar surface area (TPSA) is 57.5 Å². The van der Waals surface area contributed by atoms with Crippen molar-refractivity contribution in [2.45, 2.75) is 12.8 Å². The highest BCUT2D eigenvalue weighted by Crippen LogP contribution is 2.28. The Morgan fingerprint density at radius 2 is 1.68 bits per heavy atom. The maximum Gasteiger partial charge on any atom is 0.339 e. The molecule has 0 saturated carbocycles. The van der Waals surface area contributed by atoms with Gasteiger partial charge in [-0.05, 0) is 35.4 Å². The molecule has 19 heavy (non-hydrogen) atoms. The van der Waals surface area contributed by atoms with Crippen molar-refractivity contribution in [3.8, 4) is 5.75 Å². The van der Waals surface area contributed by atoms with Gasteiger partial charge >= 0.3 is 5.97 Å². The molecule has 2 rings (SSSR count). The van der Waals surface area contributed by atoms with Gasteiger partial charge in [0.15, 0.2) is 0 Å². The van der Waals surface area contributed by atoms with Crippen LogP contribution in [-0.2, 0) is 0 Å². The second-order valence-electron chi connectivity index (χ2n) is 4.35. The Balaban J connectivity index is 2.38. The van der Waals surface area contributed by atoms with E-state index in [9.17, 15) is 9.90 Å². The molecule has 0 aliphatic heterocycles. The van der Waals surface area contributed by atoms with Crippen LogP contribution in [0.2, 0.25) is 5.02 Å². The highest BCUT2D eigenvalue weighted by molar-refractivity contribution is 6.30. The van der Waals surface area contributed by atoms with E-state index in [1.807, 2.05) is 19.1 Å². The normalized spacial score (nSPS) is 12.1. The molecule has 2 N–H and O–H groups in total. The average Bonchev–Trinajstić information content (AvgIpc) is 2.39. The standard InChI is InChI=1S/C15H13ClO3/c1-9(10-2-5-12(16)6-3-10)11-4-7-14(17)13(8-11)15(18)19/h2-9,17H,1H3,(H,18,19). The number of rotatable bonds is 3. The van der Waals surface area contributed by atoms with Crippen LogP contribution < -0.4 is 0 Å². The van der Waals surface area contributed by atoms with Gasteiger partial charge in [0.25, 0.3) is 0 Å². The lowest BCUT2D eigenvalue weighted by atomic mass is 9.92. The summed E-state index contributed by atoms with van der Waals surface area (Å²) in [6.45, 7) is 1.97. The molecule has 2 aromatic rings. The minimum atomic E-state index is -1.14. The Bertz CT molecular complexity index is 605. The number of carboxylic acid groups (broad SMARTS) is 1. The van der Waals surface area contributed by atoms with Gasteiger partial charge in [-0.25, -0.2) is 4.79 Å². The molecule has 0 radical (unpaired) electrons. The van der Waals surface area contributed by atoms with Gasteiger partial charge in [-0.3, -0.25) is 0 Å². The van der Waals surface area contributed by atoms with E-state index in [-0.39, 0.29) is 17.2 Å². The molecular formula is C15H13ClO3. The molecule has 0 aliphatic rings. The molecule has 1 unspecified atom stereocenters. The summed E-state index contributed by atoms with van der Waals surface area (Å²) in [7, 11) is 0. The van der Waals surface area contributed by atoms with Gasteiger partial charge in [-0.15, -0.1) is 0 Å². The number of hydrogen-bond acceptors (Lipinski definition) is 2. The Kier molecular flexibility index (Phi) is 3.76. The molecule has 98 valence electrons. The predicted octanol–water partition coefficient (Wildman–Crippen LogP) is 3.90. The first-order valence-corrected chi connectivity index (χ1v) is 6.18. The van der Waals surface area contributed by atoms with E-state index in [1.165, 1.54) is 12.1 Å². The Morgan fingerprint density at radius 1 is 1.11 bits per heavy atom.